The molecule has 0 aliphatic heterocycles. The van der Waals surface area contributed by atoms with Crippen LogP contribution in [-0.4, -0.2) is 21.6 Å². The van der Waals surface area contributed by atoms with E-state index in [0.717, 1.165) is 18.0 Å². The molecule has 1 aromatic rings. The number of benzene rings is 1. The van der Waals surface area contributed by atoms with E-state index in [1.807, 2.05) is 30.3 Å². The van der Waals surface area contributed by atoms with Crippen LogP contribution in [0.3, 0.4) is 0 Å². The second kappa shape index (κ2) is 5.12. The molecule has 0 fully saturated rings. The van der Waals surface area contributed by atoms with Crippen LogP contribution in [0.5, 0.6) is 0 Å². The van der Waals surface area contributed by atoms with Crippen LogP contribution in [0, 0.1) is 0 Å². The van der Waals surface area contributed by atoms with Gasteiger partial charge in [-0.15, -0.1) is 0 Å². The van der Waals surface area contributed by atoms with Crippen molar-refractivity contribution in [3.8, 4) is 0 Å². The van der Waals surface area contributed by atoms with Crippen molar-refractivity contribution in [2.45, 2.75) is 18.7 Å². The van der Waals surface area contributed by atoms with Gasteiger partial charge in [-0.3, -0.25) is 0 Å². The first-order valence-corrected chi connectivity index (χ1v) is 5.82. The molecule has 2 N–H and O–H groups in total. The summed E-state index contributed by atoms with van der Waals surface area (Å²) in [4.78, 5) is 0.808. The number of nitrogens with two attached hydrogens (primary N) is 1. The zero-order valence-electron chi connectivity index (χ0n) is 8.56. The second-order valence-corrected chi connectivity index (χ2v) is 4.42. The van der Waals surface area contributed by atoms with Gasteiger partial charge < -0.3 is 5.73 Å². The summed E-state index contributed by atoms with van der Waals surface area (Å²) in [6.45, 7) is 5.57. The van der Waals surface area contributed by atoms with E-state index in [0.29, 0.717) is 5.69 Å². The predicted molar refractivity (Wildman–Crippen MR) is 60.2 cm³/mol. The fourth-order valence-corrected chi connectivity index (χ4v) is 2.33. The topological polar surface area (TPSA) is 46.3 Å². The van der Waals surface area contributed by atoms with Crippen molar-refractivity contribution >= 4 is 16.7 Å². The largest absolute Gasteiger partial charge is 0.399 e. The Morgan fingerprint density at radius 2 is 1.71 bits per heavy atom. The highest BCUT2D eigenvalue weighted by molar-refractivity contribution is 7.82. The summed E-state index contributed by atoms with van der Waals surface area (Å²) < 4.78 is 13.8. The maximum atomic E-state index is 11.9. The van der Waals surface area contributed by atoms with Crippen LogP contribution >= 0.6 is 0 Å². The number of hydrogen-bond donors (Lipinski definition) is 1. The lowest BCUT2D eigenvalue weighted by molar-refractivity contribution is 0.489. The van der Waals surface area contributed by atoms with Gasteiger partial charge in [0.2, 0.25) is 0 Å². The summed E-state index contributed by atoms with van der Waals surface area (Å²) in [6, 6.07) is 7.17. The summed E-state index contributed by atoms with van der Waals surface area (Å²) in [5, 5.41) is 0. The molecule has 0 aliphatic rings. The summed E-state index contributed by atoms with van der Waals surface area (Å²) in [5.74, 6) is 0. The van der Waals surface area contributed by atoms with Gasteiger partial charge in [0, 0.05) is 18.8 Å². The molecule has 0 aliphatic carbocycles. The van der Waals surface area contributed by atoms with Crippen molar-refractivity contribution in [2.24, 2.45) is 0 Å². The Hall–Kier alpha value is -0.870. The highest BCUT2D eigenvalue weighted by atomic mass is 32.2. The van der Waals surface area contributed by atoms with Gasteiger partial charge in [-0.1, -0.05) is 13.8 Å². The Morgan fingerprint density at radius 3 is 2.14 bits per heavy atom. The predicted octanol–water partition coefficient (Wildman–Crippen LogP) is 1.63. The molecule has 0 saturated carbocycles. The Kier molecular flexibility index (Phi) is 4.10. The molecule has 1 atom stereocenters. The van der Waals surface area contributed by atoms with Crippen molar-refractivity contribution in [3.63, 3.8) is 0 Å². The molecule has 3 nitrogen and oxygen atoms in total. The minimum absolute atomic E-state index is 0.699. The Bertz CT molecular complexity index is 306. The Balaban J connectivity index is 2.83. The van der Waals surface area contributed by atoms with Gasteiger partial charge in [-0.2, -0.15) is 0 Å². The van der Waals surface area contributed by atoms with Gasteiger partial charge in [0.05, 0.1) is 4.90 Å². The van der Waals surface area contributed by atoms with Crippen molar-refractivity contribution in [1.29, 1.82) is 0 Å². The van der Waals surface area contributed by atoms with Crippen LogP contribution in [0.25, 0.3) is 0 Å². The fourth-order valence-electron chi connectivity index (χ4n) is 1.19. The van der Waals surface area contributed by atoms with E-state index in [9.17, 15) is 4.21 Å². The standard InChI is InChI=1S/C10H16N2OS/c1-3-12(4-2)14(13)10-7-5-9(11)6-8-10/h5-8H,3-4,11H2,1-2H3. The van der Waals surface area contributed by atoms with Crippen molar-refractivity contribution < 1.29 is 4.21 Å². The highest BCUT2D eigenvalue weighted by Gasteiger charge is 2.10. The second-order valence-electron chi connectivity index (χ2n) is 2.93. The average Bonchev–Trinajstić information content (AvgIpc) is 2.20. The molecule has 0 spiro atoms. The number of rotatable bonds is 4. The summed E-state index contributed by atoms with van der Waals surface area (Å²) in [5.41, 5.74) is 6.25. The van der Waals surface area contributed by atoms with E-state index in [1.54, 1.807) is 12.1 Å². The van der Waals surface area contributed by atoms with Gasteiger partial charge in [0.1, 0.15) is 11.0 Å². The maximum Gasteiger partial charge on any atom is 0.127 e. The number of nitrogen functional groups attached to an aromatic ring is 1. The van der Waals surface area contributed by atoms with Gasteiger partial charge in [0.15, 0.2) is 0 Å². The molecule has 1 aromatic carbocycles. The summed E-state index contributed by atoms with van der Waals surface area (Å²) in [6.07, 6.45) is 0. The van der Waals surface area contributed by atoms with Gasteiger partial charge in [-0.05, 0) is 24.3 Å². The minimum atomic E-state index is -1.05. The van der Waals surface area contributed by atoms with Crippen LogP contribution in [0.4, 0.5) is 5.69 Å². The van der Waals surface area contributed by atoms with E-state index in [4.69, 9.17) is 5.73 Å². The van der Waals surface area contributed by atoms with E-state index < -0.39 is 11.0 Å². The van der Waals surface area contributed by atoms with Crippen LogP contribution in [0.2, 0.25) is 0 Å². The van der Waals surface area contributed by atoms with E-state index in [1.165, 1.54) is 0 Å². The van der Waals surface area contributed by atoms with Crippen LogP contribution < -0.4 is 5.73 Å². The average molecular weight is 212 g/mol. The maximum absolute atomic E-state index is 11.9. The third-order valence-electron chi connectivity index (χ3n) is 2.02. The molecular formula is C10H16N2OS. The minimum Gasteiger partial charge on any atom is -0.399 e. The number of anilines is 1. The monoisotopic (exact) mass is 212 g/mol. The number of hydrogen-bond acceptors (Lipinski definition) is 2. The van der Waals surface area contributed by atoms with Crippen molar-refractivity contribution in [2.75, 3.05) is 18.8 Å². The molecule has 78 valence electrons. The normalized spacial score (nSPS) is 13.1. The van der Waals surface area contributed by atoms with Crippen LogP contribution in [0.15, 0.2) is 29.2 Å². The summed E-state index contributed by atoms with van der Waals surface area (Å²) >= 11 is 0. The third-order valence-corrected chi connectivity index (χ3v) is 3.68. The van der Waals surface area contributed by atoms with Gasteiger partial charge in [0.25, 0.3) is 0 Å². The SMILES string of the molecule is CCN(CC)S(=O)c1ccc(N)cc1. The summed E-state index contributed by atoms with van der Waals surface area (Å²) in [7, 11) is -1.05. The first-order valence-electron chi connectivity index (χ1n) is 4.71. The molecule has 1 rings (SSSR count). The molecule has 14 heavy (non-hydrogen) atoms. The Morgan fingerprint density at radius 1 is 1.21 bits per heavy atom. The quantitative estimate of drug-likeness (QED) is 0.771. The van der Waals surface area contributed by atoms with Crippen molar-refractivity contribution in [1.82, 2.24) is 4.31 Å². The lowest BCUT2D eigenvalue weighted by Gasteiger charge is -2.16. The molecule has 0 heterocycles. The zero-order chi connectivity index (χ0) is 10.6. The molecular weight excluding hydrogens is 196 g/mol. The van der Waals surface area contributed by atoms with Gasteiger partial charge >= 0.3 is 0 Å². The molecule has 4 heteroatoms. The molecule has 0 aromatic heterocycles. The molecule has 1 unspecified atom stereocenters. The lowest BCUT2D eigenvalue weighted by atomic mass is 10.3. The first-order chi connectivity index (χ1) is 6.69. The Labute approximate surface area is 87.5 Å². The molecule has 0 bridgehead atoms. The van der Waals surface area contributed by atoms with Crippen molar-refractivity contribution in [3.05, 3.63) is 24.3 Å². The zero-order valence-corrected chi connectivity index (χ0v) is 9.38. The smallest absolute Gasteiger partial charge is 0.127 e. The third kappa shape index (κ3) is 2.56. The molecule has 0 radical (unpaired) electrons. The van der Waals surface area contributed by atoms with E-state index in [2.05, 4.69) is 0 Å². The van der Waals surface area contributed by atoms with Gasteiger partial charge in [-0.25, -0.2) is 8.51 Å². The van der Waals surface area contributed by atoms with E-state index in [-0.39, 0.29) is 0 Å². The van der Waals surface area contributed by atoms with E-state index >= 15 is 0 Å². The number of nitrogens with zero attached hydrogens (tertiary/aromatic N) is 1. The molecule has 0 saturated heterocycles. The first kappa shape index (κ1) is 11.2. The molecule has 0 amide bonds. The highest BCUT2D eigenvalue weighted by Crippen LogP contribution is 2.12. The van der Waals surface area contributed by atoms with Crippen LogP contribution in [-0.2, 0) is 11.0 Å². The fraction of sp³-hybridized carbons (Fsp3) is 0.400. The van der Waals surface area contributed by atoms with Crippen LogP contribution in [0.1, 0.15) is 13.8 Å². The lowest BCUT2D eigenvalue weighted by Crippen LogP contribution is -2.25.